The molecule has 2 heterocycles. The molecule has 11 rings (SSSR count). The van der Waals surface area contributed by atoms with Crippen LogP contribution in [0.5, 0.6) is 0 Å². The van der Waals surface area contributed by atoms with Crippen LogP contribution in [0.2, 0.25) is 0 Å². The summed E-state index contributed by atoms with van der Waals surface area (Å²) in [4.78, 5) is 10.1. The Bertz CT molecular complexity index is 2970. The number of para-hydroxylation sites is 1. The quantitative estimate of drug-likeness (QED) is 0.172. The second kappa shape index (κ2) is 12.9. The molecule has 0 unspecified atom stereocenters. The Hall–Kier alpha value is -7.36. The van der Waals surface area contributed by atoms with E-state index >= 15 is 0 Å². The Morgan fingerprint density at radius 2 is 0.893 bits per heavy atom. The van der Waals surface area contributed by atoms with E-state index in [4.69, 9.17) is 14.4 Å². The van der Waals surface area contributed by atoms with Gasteiger partial charge in [0, 0.05) is 27.5 Å². The molecule has 0 fully saturated rings. The summed E-state index contributed by atoms with van der Waals surface area (Å²) in [7, 11) is 0. The smallest absolute Gasteiger partial charge is 0.160 e. The van der Waals surface area contributed by atoms with Gasteiger partial charge in [0.15, 0.2) is 5.82 Å². The summed E-state index contributed by atoms with van der Waals surface area (Å²) in [5, 5.41) is 2.27. The molecule has 0 atom stereocenters. The summed E-state index contributed by atoms with van der Waals surface area (Å²) in [5.41, 5.74) is 15.9. The molecule has 1 aliphatic rings. The topological polar surface area (TPSA) is 38.9 Å². The molecule has 0 bridgehead atoms. The first-order chi connectivity index (χ1) is 27.7. The molecule has 0 radical (unpaired) electrons. The van der Waals surface area contributed by atoms with Crippen molar-refractivity contribution in [2.75, 3.05) is 0 Å². The van der Waals surface area contributed by atoms with Crippen molar-refractivity contribution in [3.05, 3.63) is 229 Å². The zero-order valence-electron chi connectivity index (χ0n) is 30.4. The van der Waals surface area contributed by atoms with E-state index < -0.39 is 5.41 Å². The van der Waals surface area contributed by atoms with Crippen molar-refractivity contribution in [3.63, 3.8) is 0 Å². The Morgan fingerprint density at radius 1 is 0.339 bits per heavy atom. The van der Waals surface area contributed by atoms with Crippen LogP contribution in [0.15, 0.2) is 211 Å². The van der Waals surface area contributed by atoms with Crippen molar-refractivity contribution in [3.8, 4) is 56.2 Å². The fourth-order valence-electron chi connectivity index (χ4n) is 8.82. The molecule has 3 nitrogen and oxygen atoms in total. The molecule has 0 spiro atoms. The van der Waals surface area contributed by atoms with Crippen LogP contribution in [-0.2, 0) is 5.41 Å². The normalized spacial score (nSPS) is 12.8. The van der Waals surface area contributed by atoms with Crippen LogP contribution in [0.3, 0.4) is 0 Å². The molecule has 0 N–H and O–H groups in total. The lowest BCUT2D eigenvalue weighted by Crippen LogP contribution is -2.28. The minimum atomic E-state index is -0.538. The maximum absolute atomic E-state index is 6.49. The van der Waals surface area contributed by atoms with Gasteiger partial charge in [-0.1, -0.05) is 182 Å². The lowest BCUT2D eigenvalue weighted by Gasteiger charge is -2.34. The van der Waals surface area contributed by atoms with Crippen LogP contribution >= 0.6 is 0 Å². The number of furan rings is 1. The van der Waals surface area contributed by atoms with Gasteiger partial charge in [-0.2, -0.15) is 0 Å². The van der Waals surface area contributed by atoms with Crippen molar-refractivity contribution in [1.82, 2.24) is 9.97 Å². The van der Waals surface area contributed by atoms with Gasteiger partial charge in [-0.25, -0.2) is 9.97 Å². The maximum atomic E-state index is 6.49. The highest BCUT2D eigenvalue weighted by molar-refractivity contribution is 6.05. The second-order valence-corrected chi connectivity index (χ2v) is 14.5. The van der Waals surface area contributed by atoms with Gasteiger partial charge in [0.05, 0.1) is 16.8 Å². The molecular formula is C53H34N2O. The highest BCUT2D eigenvalue weighted by Crippen LogP contribution is 2.56. The largest absolute Gasteiger partial charge is 0.456 e. The van der Waals surface area contributed by atoms with Crippen molar-refractivity contribution >= 4 is 21.9 Å². The third-order valence-electron chi connectivity index (χ3n) is 11.4. The van der Waals surface area contributed by atoms with Gasteiger partial charge < -0.3 is 4.42 Å². The van der Waals surface area contributed by atoms with E-state index in [-0.39, 0.29) is 0 Å². The molecule has 3 heteroatoms. The van der Waals surface area contributed by atoms with E-state index in [9.17, 15) is 0 Å². The van der Waals surface area contributed by atoms with Crippen LogP contribution < -0.4 is 0 Å². The monoisotopic (exact) mass is 714 g/mol. The molecular weight excluding hydrogens is 681 g/mol. The third kappa shape index (κ3) is 5.05. The number of nitrogens with zero attached hydrogens (tertiary/aromatic N) is 2. The van der Waals surface area contributed by atoms with E-state index in [0.717, 1.165) is 61.1 Å². The lowest BCUT2D eigenvalue weighted by molar-refractivity contribution is 0.665. The standard InChI is InChI=1S/C53H34N2O/c1-3-14-36(15-4-1)48-34-49(55-52(54-48)37-16-5-2-6-17-37)39-19-13-18-38(32-39)35-26-28-40(29-27-35)53(46-23-10-7-20-42(46)43-21-8-11-24-47(43)53)41-30-31-45-44-22-9-12-25-50(44)56-51(45)33-41/h1-34H. The minimum absolute atomic E-state index is 0.538. The van der Waals surface area contributed by atoms with Gasteiger partial charge in [-0.05, 0) is 68.8 Å². The Labute approximate surface area is 325 Å². The van der Waals surface area contributed by atoms with Crippen LogP contribution in [0.4, 0.5) is 0 Å². The average molecular weight is 715 g/mol. The third-order valence-corrected chi connectivity index (χ3v) is 11.4. The highest BCUT2D eigenvalue weighted by atomic mass is 16.3. The van der Waals surface area contributed by atoms with Gasteiger partial charge in [0.1, 0.15) is 11.2 Å². The van der Waals surface area contributed by atoms with Gasteiger partial charge in [-0.15, -0.1) is 0 Å². The molecule has 0 saturated heterocycles. The molecule has 56 heavy (non-hydrogen) atoms. The summed E-state index contributed by atoms with van der Waals surface area (Å²) in [6.45, 7) is 0. The minimum Gasteiger partial charge on any atom is -0.456 e. The van der Waals surface area contributed by atoms with Crippen molar-refractivity contribution < 1.29 is 4.42 Å². The molecule has 0 saturated carbocycles. The number of benzene rings is 8. The molecule has 262 valence electrons. The Balaban J connectivity index is 1.05. The fraction of sp³-hybridized carbons (Fsp3) is 0.0189. The molecule has 0 aliphatic heterocycles. The zero-order valence-corrected chi connectivity index (χ0v) is 30.4. The van der Waals surface area contributed by atoms with E-state index in [1.807, 2.05) is 48.5 Å². The van der Waals surface area contributed by atoms with E-state index in [1.54, 1.807) is 0 Å². The summed E-state index contributed by atoms with van der Waals surface area (Å²) in [6.07, 6.45) is 0. The van der Waals surface area contributed by atoms with Crippen molar-refractivity contribution in [2.24, 2.45) is 0 Å². The Kier molecular flexibility index (Phi) is 7.39. The van der Waals surface area contributed by atoms with Gasteiger partial charge in [0.25, 0.3) is 0 Å². The van der Waals surface area contributed by atoms with Gasteiger partial charge in [0.2, 0.25) is 0 Å². The van der Waals surface area contributed by atoms with Crippen LogP contribution in [-0.4, -0.2) is 9.97 Å². The summed E-state index contributed by atoms with van der Waals surface area (Å²) >= 11 is 0. The number of hydrogen-bond acceptors (Lipinski definition) is 3. The molecule has 0 amide bonds. The van der Waals surface area contributed by atoms with Crippen molar-refractivity contribution in [2.45, 2.75) is 5.41 Å². The van der Waals surface area contributed by atoms with Crippen molar-refractivity contribution in [1.29, 1.82) is 0 Å². The number of aromatic nitrogens is 2. The maximum Gasteiger partial charge on any atom is 0.160 e. The van der Waals surface area contributed by atoms with Crippen LogP contribution in [0, 0.1) is 0 Å². The van der Waals surface area contributed by atoms with Crippen LogP contribution in [0.25, 0.3) is 78.1 Å². The zero-order chi connectivity index (χ0) is 37.1. The molecule has 8 aromatic carbocycles. The fourth-order valence-corrected chi connectivity index (χ4v) is 8.82. The number of rotatable bonds is 6. The predicted octanol–water partition coefficient (Wildman–Crippen LogP) is 13.4. The first kappa shape index (κ1) is 32.1. The summed E-state index contributed by atoms with van der Waals surface area (Å²) in [6, 6.07) is 73.3. The highest BCUT2D eigenvalue weighted by Gasteiger charge is 2.46. The summed E-state index contributed by atoms with van der Waals surface area (Å²) < 4.78 is 6.49. The average Bonchev–Trinajstić information content (AvgIpc) is 3.80. The first-order valence-electron chi connectivity index (χ1n) is 19.1. The summed E-state index contributed by atoms with van der Waals surface area (Å²) in [5.74, 6) is 0.708. The second-order valence-electron chi connectivity index (χ2n) is 14.5. The molecule has 1 aliphatic carbocycles. The van der Waals surface area contributed by atoms with Gasteiger partial charge in [-0.3, -0.25) is 0 Å². The van der Waals surface area contributed by atoms with E-state index in [0.29, 0.717) is 5.82 Å². The molecule has 2 aromatic heterocycles. The first-order valence-corrected chi connectivity index (χ1v) is 19.1. The van der Waals surface area contributed by atoms with E-state index in [2.05, 4.69) is 158 Å². The predicted molar refractivity (Wildman–Crippen MR) is 228 cm³/mol. The number of fused-ring (bicyclic) bond motifs is 6. The van der Waals surface area contributed by atoms with Crippen LogP contribution in [0.1, 0.15) is 22.3 Å². The Morgan fingerprint density at radius 3 is 1.62 bits per heavy atom. The molecule has 10 aromatic rings. The van der Waals surface area contributed by atoms with Gasteiger partial charge >= 0.3 is 0 Å². The number of hydrogen-bond donors (Lipinski definition) is 0. The lowest BCUT2D eigenvalue weighted by atomic mass is 9.67. The van der Waals surface area contributed by atoms with E-state index in [1.165, 1.54) is 33.4 Å². The SMILES string of the molecule is c1ccc(-c2cc(-c3cccc(-c4ccc(C5(c6ccc7c(c6)oc6ccccc67)c6ccccc6-c6ccccc65)cc4)c3)nc(-c3ccccc3)n2)cc1.